The number of hydrogen-bond acceptors (Lipinski definition) is 5. The van der Waals surface area contributed by atoms with Gasteiger partial charge in [-0.1, -0.05) is 44.5 Å². The van der Waals surface area contributed by atoms with E-state index in [1.165, 1.54) is 0 Å². The monoisotopic (exact) mass is 610 g/mol. The van der Waals surface area contributed by atoms with Gasteiger partial charge in [-0.25, -0.2) is 0 Å². The number of hydrogen-bond donors (Lipinski definition) is 0. The predicted molar refractivity (Wildman–Crippen MR) is 172 cm³/mol. The van der Waals surface area contributed by atoms with E-state index in [0.717, 1.165) is 17.8 Å². The van der Waals surface area contributed by atoms with Gasteiger partial charge >= 0.3 is 0 Å². The number of carbonyl (C=O) groups excluding carboxylic acids is 3. The predicted octanol–water partition coefficient (Wildman–Crippen LogP) is 5.30. The van der Waals surface area contributed by atoms with Crippen LogP contribution in [-0.2, 0) is 14.4 Å². The number of anilines is 1. The molecule has 2 aliphatic rings. The van der Waals surface area contributed by atoms with Gasteiger partial charge in [-0.05, 0) is 69.2 Å². The van der Waals surface area contributed by atoms with Crippen molar-refractivity contribution >= 4 is 35.0 Å². The lowest BCUT2D eigenvalue weighted by molar-refractivity contribution is -0.144. The van der Waals surface area contributed by atoms with Gasteiger partial charge in [0.25, 0.3) is 0 Å². The molecule has 2 saturated heterocycles. The van der Waals surface area contributed by atoms with Gasteiger partial charge < -0.3 is 19.4 Å². The van der Waals surface area contributed by atoms with Crippen LogP contribution in [-0.4, -0.2) is 90.9 Å². The van der Waals surface area contributed by atoms with Gasteiger partial charge in [0.2, 0.25) is 17.7 Å². The van der Waals surface area contributed by atoms with Crippen LogP contribution in [0.5, 0.6) is 5.75 Å². The molecule has 0 aromatic heterocycles. The number of methoxy groups -OCH3 is 1. The summed E-state index contributed by atoms with van der Waals surface area (Å²) in [5, 5.41) is 0.651. The lowest BCUT2D eigenvalue weighted by Gasteiger charge is -2.34. The van der Waals surface area contributed by atoms with Crippen LogP contribution in [0.15, 0.2) is 48.5 Å². The van der Waals surface area contributed by atoms with Crippen LogP contribution in [0.4, 0.5) is 5.69 Å². The number of benzene rings is 2. The molecule has 2 aromatic rings. The van der Waals surface area contributed by atoms with Gasteiger partial charge in [0.05, 0.1) is 19.1 Å². The molecule has 0 N–H and O–H groups in total. The maximum atomic E-state index is 14.6. The summed E-state index contributed by atoms with van der Waals surface area (Å²) < 4.78 is 5.35. The third-order valence-electron chi connectivity index (χ3n) is 8.75. The molecule has 0 aliphatic carbocycles. The smallest absolute Gasteiger partial charge is 0.244 e. The molecule has 4 atom stereocenters. The lowest BCUT2D eigenvalue weighted by atomic mass is 9.88. The Kier molecular flexibility index (Phi) is 9.52. The summed E-state index contributed by atoms with van der Waals surface area (Å²) in [6, 6.07) is 14.1. The molecule has 8 nitrogen and oxygen atoms in total. The van der Waals surface area contributed by atoms with E-state index in [1.54, 1.807) is 35.9 Å². The highest BCUT2D eigenvalue weighted by Crippen LogP contribution is 2.40. The van der Waals surface area contributed by atoms with E-state index in [-0.39, 0.29) is 47.7 Å². The summed E-state index contributed by atoms with van der Waals surface area (Å²) in [6.07, 6.45) is 0.359. The first-order valence-corrected chi connectivity index (χ1v) is 15.4. The second-order valence-corrected chi connectivity index (χ2v) is 14.5. The van der Waals surface area contributed by atoms with Crippen molar-refractivity contribution in [2.24, 2.45) is 11.3 Å². The minimum atomic E-state index is -0.671. The molecule has 0 unspecified atom stereocenters. The van der Waals surface area contributed by atoms with E-state index in [4.69, 9.17) is 16.3 Å². The summed E-state index contributed by atoms with van der Waals surface area (Å²) in [5.74, 6) is 0.0478. The quantitative estimate of drug-likeness (QED) is 0.444. The number of likely N-dealkylation sites (tertiary alicyclic amines) is 2. The zero-order valence-corrected chi connectivity index (χ0v) is 27.8. The standard InChI is InChI=1S/C34H47ClN4O4/c1-33(2,3)32(42)39(24-14-16-26(43-9)17-15-24)25-18-29(31(41)36(7)8)38(19-25)30(40)28-21-37(34(4,5)6)20-27(28)22-10-12-23(35)13-11-22/h10-17,25,27-29H,18-21H2,1-9H3/t25-,27-,28+,29-/m0/s1. The fraction of sp³-hybridized carbons (Fsp3) is 0.559. The minimum Gasteiger partial charge on any atom is -0.497 e. The largest absolute Gasteiger partial charge is 0.497 e. The molecular formula is C34H47ClN4O4. The van der Waals surface area contributed by atoms with Crippen molar-refractivity contribution in [3.8, 4) is 5.75 Å². The Morgan fingerprint density at radius 1 is 0.884 bits per heavy atom. The van der Waals surface area contributed by atoms with Crippen LogP contribution in [0.25, 0.3) is 0 Å². The van der Waals surface area contributed by atoms with Gasteiger partial charge in [-0.3, -0.25) is 19.3 Å². The fourth-order valence-electron chi connectivity index (χ4n) is 6.24. The first kappa shape index (κ1) is 32.8. The third-order valence-corrected chi connectivity index (χ3v) is 9.00. The second-order valence-electron chi connectivity index (χ2n) is 14.1. The highest BCUT2D eigenvalue weighted by Gasteiger charge is 2.50. The summed E-state index contributed by atoms with van der Waals surface area (Å²) >= 11 is 6.21. The minimum absolute atomic E-state index is 0.0488. The van der Waals surface area contributed by atoms with Crippen LogP contribution in [0, 0.1) is 11.3 Å². The van der Waals surface area contributed by atoms with Crippen LogP contribution in [0.1, 0.15) is 59.4 Å². The van der Waals surface area contributed by atoms with Crippen LogP contribution < -0.4 is 9.64 Å². The first-order chi connectivity index (χ1) is 20.0. The normalized spacial score (nSPS) is 22.9. The van der Waals surface area contributed by atoms with Crippen LogP contribution >= 0.6 is 11.6 Å². The van der Waals surface area contributed by atoms with Crippen molar-refractivity contribution in [3.63, 3.8) is 0 Å². The molecule has 4 rings (SSSR count). The molecule has 43 heavy (non-hydrogen) atoms. The molecule has 0 saturated carbocycles. The number of carbonyl (C=O) groups is 3. The number of ether oxygens (including phenoxy) is 1. The van der Waals surface area contributed by atoms with Gasteiger partial charge in [-0.15, -0.1) is 0 Å². The average Bonchev–Trinajstić information content (AvgIpc) is 3.58. The SMILES string of the molecule is COc1ccc(N(C(=O)C(C)(C)C)[C@H]2C[C@@H](C(=O)N(C)C)N(C(=O)[C@@H]3CN(C(C)(C)C)C[C@H]3c3ccc(Cl)cc3)C2)cc1. The molecule has 2 fully saturated rings. The number of rotatable bonds is 6. The molecule has 0 radical (unpaired) electrons. The van der Waals surface area contributed by atoms with Gasteiger partial charge in [0.1, 0.15) is 11.8 Å². The van der Waals surface area contributed by atoms with Crippen LogP contribution in [0.2, 0.25) is 5.02 Å². The molecule has 2 heterocycles. The maximum absolute atomic E-state index is 14.6. The van der Waals surface area contributed by atoms with E-state index < -0.39 is 11.5 Å². The zero-order chi connectivity index (χ0) is 31.9. The molecule has 9 heteroatoms. The Morgan fingerprint density at radius 2 is 1.49 bits per heavy atom. The zero-order valence-electron chi connectivity index (χ0n) is 27.1. The summed E-state index contributed by atoms with van der Waals surface area (Å²) in [5.41, 5.74) is 0.978. The van der Waals surface area contributed by atoms with E-state index in [1.807, 2.05) is 69.3 Å². The first-order valence-electron chi connectivity index (χ1n) is 15.0. The Labute approximate surface area is 261 Å². The van der Waals surface area contributed by atoms with Gasteiger partial charge in [0.15, 0.2) is 0 Å². The van der Waals surface area contributed by atoms with E-state index in [2.05, 4.69) is 25.7 Å². The third kappa shape index (κ3) is 7.01. The Morgan fingerprint density at radius 3 is 2.00 bits per heavy atom. The van der Waals surface area contributed by atoms with Crippen molar-refractivity contribution in [1.29, 1.82) is 0 Å². The number of halogens is 1. The maximum Gasteiger partial charge on any atom is 0.244 e. The van der Waals surface area contributed by atoms with Gasteiger partial charge in [0, 0.05) is 61.3 Å². The number of likely N-dealkylation sites (N-methyl/N-ethyl adjacent to an activating group) is 1. The Hall–Kier alpha value is -3.10. The molecular weight excluding hydrogens is 564 g/mol. The van der Waals surface area contributed by atoms with Crippen molar-refractivity contribution in [2.75, 3.05) is 45.7 Å². The number of nitrogens with zero attached hydrogens (tertiary/aromatic N) is 4. The Bertz CT molecular complexity index is 1310. The van der Waals surface area contributed by atoms with Gasteiger partial charge in [-0.2, -0.15) is 0 Å². The molecule has 234 valence electrons. The highest BCUT2D eigenvalue weighted by molar-refractivity contribution is 6.30. The lowest BCUT2D eigenvalue weighted by Crippen LogP contribution is -2.50. The van der Waals surface area contributed by atoms with E-state index in [0.29, 0.717) is 23.7 Å². The highest BCUT2D eigenvalue weighted by atomic mass is 35.5. The molecule has 0 spiro atoms. The average molecular weight is 611 g/mol. The van der Waals surface area contributed by atoms with Crippen molar-refractivity contribution in [1.82, 2.24) is 14.7 Å². The van der Waals surface area contributed by atoms with Crippen LogP contribution in [0.3, 0.4) is 0 Å². The molecule has 3 amide bonds. The summed E-state index contributed by atoms with van der Waals surface area (Å²) in [4.78, 5) is 49.6. The fourth-order valence-corrected chi connectivity index (χ4v) is 6.36. The Balaban J connectivity index is 1.73. The topological polar surface area (TPSA) is 73.4 Å². The molecule has 2 aliphatic heterocycles. The van der Waals surface area contributed by atoms with E-state index >= 15 is 0 Å². The van der Waals surface area contributed by atoms with Crippen molar-refractivity contribution in [3.05, 3.63) is 59.1 Å². The summed E-state index contributed by atoms with van der Waals surface area (Å²) in [7, 11) is 5.03. The second kappa shape index (κ2) is 12.5. The van der Waals surface area contributed by atoms with E-state index in [9.17, 15) is 14.4 Å². The molecule has 0 bridgehead atoms. The number of amides is 3. The van der Waals surface area contributed by atoms with Crippen molar-refractivity contribution < 1.29 is 19.1 Å². The molecule has 2 aromatic carbocycles. The summed E-state index contributed by atoms with van der Waals surface area (Å²) in [6.45, 7) is 13.7. The van der Waals surface area contributed by atoms with Crippen molar-refractivity contribution in [2.45, 2.75) is 71.5 Å².